The van der Waals surface area contributed by atoms with Crippen LogP contribution in [0.2, 0.25) is 18.6 Å². The summed E-state index contributed by atoms with van der Waals surface area (Å²) in [5, 5.41) is 14.9. The first-order valence-electron chi connectivity index (χ1n) is 21.6. The first-order valence-corrected chi connectivity index (χ1v) is 24.7. The lowest BCUT2D eigenvalue weighted by atomic mass is 9.82. The number of aliphatic hydroxyl groups excluding tert-OH is 1. The van der Waals surface area contributed by atoms with Gasteiger partial charge in [-0.1, -0.05) is 85.9 Å². The van der Waals surface area contributed by atoms with Crippen molar-refractivity contribution in [1.29, 1.82) is 0 Å². The number of para-hydroxylation sites is 1. The predicted molar refractivity (Wildman–Crippen MR) is 236 cm³/mol. The molecule has 5 aliphatic rings. The second kappa shape index (κ2) is 15.8. The Bertz CT molecular complexity index is 2230. The molecule has 3 amide bonds. The molecule has 4 fully saturated rings. The van der Waals surface area contributed by atoms with Gasteiger partial charge in [-0.25, -0.2) is 0 Å². The number of aliphatic hydroxyl groups is 1. The van der Waals surface area contributed by atoms with Gasteiger partial charge in [0.15, 0.2) is 5.60 Å². The predicted octanol–water partition coefficient (Wildman–Crippen LogP) is 5.76. The maximum Gasteiger partial charge on any atom is 0.264 e. The fraction of sp³-hybridized carbons (Fsp3) is 0.438. The molecule has 314 valence electrons. The summed E-state index contributed by atoms with van der Waals surface area (Å²) in [6.07, 6.45) is 2.51. The average molecular weight is 828 g/mol. The van der Waals surface area contributed by atoms with Crippen molar-refractivity contribution >= 4 is 48.0 Å². The number of anilines is 3. The Morgan fingerprint density at radius 1 is 0.917 bits per heavy atom. The molecule has 5 atom stereocenters. The number of ether oxygens (including phenoxy) is 2. The van der Waals surface area contributed by atoms with E-state index < -0.39 is 25.3 Å². The fourth-order valence-corrected chi connectivity index (χ4v) is 15.4. The normalized spacial score (nSPS) is 26.1. The van der Waals surface area contributed by atoms with Crippen LogP contribution in [-0.2, 0) is 31.3 Å². The third-order valence-electron chi connectivity index (χ3n) is 14.5. The van der Waals surface area contributed by atoms with E-state index in [0.717, 1.165) is 59.9 Å². The van der Waals surface area contributed by atoms with Crippen molar-refractivity contribution in [2.75, 3.05) is 54.7 Å². The minimum absolute atomic E-state index is 0.0539. The molecule has 5 heterocycles. The molecule has 0 aliphatic carbocycles. The van der Waals surface area contributed by atoms with Crippen LogP contribution < -0.4 is 29.9 Å². The molecule has 0 unspecified atom stereocenters. The highest BCUT2D eigenvalue weighted by Crippen LogP contribution is 2.61. The van der Waals surface area contributed by atoms with Crippen molar-refractivity contribution in [2.24, 2.45) is 5.92 Å². The highest BCUT2D eigenvalue weighted by molar-refractivity contribution is 6.91. The van der Waals surface area contributed by atoms with Crippen molar-refractivity contribution in [3.63, 3.8) is 0 Å². The van der Waals surface area contributed by atoms with Crippen LogP contribution in [0.4, 0.5) is 17.1 Å². The molecule has 11 nitrogen and oxygen atoms in total. The lowest BCUT2D eigenvalue weighted by Crippen LogP contribution is -2.55. The van der Waals surface area contributed by atoms with Crippen LogP contribution in [0.3, 0.4) is 0 Å². The molecule has 9 rings (SSSR count). The zero-order valence-electron chi connectivity index (χ0n) is 35.2. The molecule has 4 aromatic carbocycles. The Kier molecular flexibility index (Phi) is 10.6. The number of benzene rings is 4. The van der Waals surface area contributed by atoms with Crippen LogP contribution in [-0.4, -0.2) is 93.5 Å². The maximum absolute atomic E-state index is 15.6. The number of likely N-dealkylation sites (tertiary alicyclic amines) is 1. The molecule has 2 spiro atoms. The molecular formula is C48H57N5O6Si. The van der Waals surface area contributed by atoms with E-state index in [-0.39, 0.29) is 48.3 Å². The molecule has 0 bridgehead atoms. The van der Waals surface area contributed by atoms with Gasteiger partial charge < -0.3 is 34.6 Å². The Balaban J connectivity index is 1.17. The van der Waals surface area contributed by atoms with E-state index in [1.54, 1.807) is 7.11 Å². The Labute approximate surface area is 354 Å². The maximum atomic E-state index is 15.6. The minimum Gasteiger partial charge on any atom is -0.497 e. The van der Waals surface area contributed by atoms with E-state index in [2.05, 4.69) is 54.5 Å². The molecule has 0 radical (unpaired) electrons. The van der Waals surface area contributed by atoms with Crippen molar-refractivity contribution in [3.8, 4) is 5.75 Å². The summed E-state index contributed by atoms with van der Waals surface area (Å²) >= 11 is 0. The number of nitrogens with zero attached hydrogens (tertiary/aromatic N) is 4. The first kappa shape index (κ1) is 40.4. The summed E-state index contributed by atoms with van der Waals surface area (Å²) < 4.78 is 13.0. The quantitative estimate of drug-likeness (QED) is 0.194. The number of piperidine rings is 1. The zero-order valence-corrected chi connectivity index (χ0v) is 36.2. The van der Waals surface area contributed by atoms with Gasteiger partial charge >= 0.3 is 0 Å². The number of fused-ring (bicyclic) bond motifs is 2. The molecular weight excluding hydrogens is 771 g/mol. The molecule has 4 aromatic rings. The van der Waals surface area contributed by atoms with Crippen molar-refractivity contribution < 1.29 is 29.0 Å². The van der Waals surface area contributed by atoms with Crippen LogP contribution in [0, 0.1) is 5.92 Å². The van der Waals surface area contributed by atoms with E-state index in [9.17, 15) is 14.7 Å². The Hall–Kier alpha value is -5.01. The molecule has 12 heteroatoms. The smallest absolute Gasteiger partial charge is 0.264 e. The second-order valence-corrected chi connectivity index (χ2v) is 22.6. The topological polar surface area (TPSA) is 115 Å². The Morgan fingerprint density at radius 3 is 2.30 bits per heavy atom. The standard InChI is InChI=1S/C48H57N5O6Si/c1-33-44(60(3,4)39-20-18-38(58-2)19-21-39)42(29-43(55)50-27-11-16-37(50)31-54)59-48(33)40-28-36(17-22-41(40)51(46(48)57)30-34-12-7-5-8-13-34)52-32-53(35-14-9-6-10-15-35)47(45(52)56)23-25-49-26-24-47/h5-10,12-15,17-22,28,33,37,42,44,49,54H,11,16,23-27,29-32H2,1-4H3/t33-,37-,42+,44-,48+/m0/s1. The van der Waals surface area contributed by atoms with Gasteiger partial charge in [0.05, 0.1) is 59.3 Å². The Morgan fingerprint density at radius 2 is 1.62 bits per heavy atom. The summed E-state index contributed by atoms with van der Waals surface area (Å²) in [7, 11) is -0.892. The average Bonchev–Trinajstić information content (AvgIpc) is 4.01. The van der Waals surface area contributed by atoms with Crippen LogP contribution in [0.1, 0.15) is 50.2 Å². The third-order valence-corrected chi connectivity index (χ3v) is 18.9. The number of methoxy groups -OCH3 is 1. The lowest BCUT2D eigenvalue weighted by molar-refractivity contribution is -0.150. The highest BCUT2D eigenvalue weighted by Gasteiger charge is 2.67. The summed E-state index contributed by atoms with van der Waals surface area (Å²) in [5.74, 6) is 0.296. The van der Waals surface area contributed by atoms with Gasteiger partial charge in [-0.2, -0.15) is 0 Å². The summed E-state index contributed by atoms with van der Waals surface area (Å²) in [4.78, 5) is 52.7. The van der Waals surface area contributed by atoms with E-state index in [0.29, 0.717) is 32.6 Å². The summed E-state index contributed by atoms with van der Waals surface area (Å²) in [6.45, 7) is 9.52. The van der Waals surface area contributed by atoms with Gasteiger partial charge in [0.2, 0.25) is 5.91 Å². The number of rotatable bonds is 10. The van der Waals surface area contributed by atoms with Crippen LogP contribution in [0.5, 0.6) is 5.75 Å². The number of carbonyl (C=O) groups excluding carboxylic acids is 3. The van der Waals surface area contributed by atoms with Crippen molar-refractivity contribution in [1.82, 2.24) is 10.2 Å². The molecule has 0 aromatic heterocycles. The van der Waals surface area contributed by atoms with Crippen LogP contribution in [0.25, 0.3) is 0 Å². The van der Waals surface area contributed by atoms with E-state index in [4.69, 9.17) is 9.47 Å². The number of hydrogen-bond acceptors (Lipinski definition) is 8. The SMILES string of the molecule is COc1ccc([Si](C)(C)[C@@H]2[C@@H](CC(=O)N3CCC[C@H]3CO)O[C@]3(C(=O)N(Cc4ccccc4)c4ccc(N5CN(c6ccccc6)C6(CCNCC6)C5=O)cc43)[C@H]2C)cc1. The number of amides is 3. The molecule has 2 N–H and O–H groups in total. The lowest BCUT2D eigenvalue weighted by Gasteiger charge is -2.39. The van der Waals surface area contributed by atoms with Crippen molar-refractivity contribution in [3.05, 3.63) is 114 Å². The van der Waals surface area contributed by atoms with Gasteiger partial charge in [0.1, 0.15) is 11.3 Å². The fourth-order valence-electron chi connectivity index (χ4n) is 11.4. The van der Waals surface area contributed by atoms with Crippen LogP contribution in [0.15, 0.2) is 103 Å². The monoisotopic (exact) mass is 827 g/mol. The molecule has 0 saturated carbocycles. The third kappa shape index (κ3) is 6.45. The number of carbonyl (C=O) groups is 3. The molecule has 60 heavy (non-hydrogen) atoms. The summed E-state index contributed by atoms with van der Waals surface area (Å²) in [6, 6.07) is 34.2. The number of hydrogen-bond donors (Lipinski definition) is 2. The van der Waals surface area contributed by atoms with Gasteiger partial charge in [0, 0.05) is 29.4 Å². The van der Waals surface area contributed by atoms with Gasteiger partial charge in [-0.15, -0.1) is 0 Å². The highest BCUT2D eigenvalue weighted by atomic mass is 28.3. The summed E-state index contributed by atoms with van der Waals surface area (Å²) in [5.41, 5.74) is 1.97. The van der Waals surface area contributed by atoms with Gasteiger partial charge in [-0.3, -0.25) is 19.3 Å². The molecule has 4 saturated heterocycles. The van der Waals surface area contributed by atoms with Gasteiger partial charge in [-0.05, 0) is 92.3 Å². The largest absolute Gasteiger partial charge is 0.497 e. The van der Waals surface area contributed by atoms with E-state index >= 15 is 4.79 Å². The van der Waals surface area contributed by atoms with E-state index in [1.165, 1.54) is 5.19 Å². The van der Waals surface area contributed by atoms with Gasteiger partial charge in [0.25, 0.3) is 11.8 Å². The number of nitrogens with one attached hydrogen (secondary N) is 1. The first-order chi connectivity index (χ1) is 29.0. The van der Waals surface area contributed by atoms with E-state index in [1.807, 2.05) is 93.6 Å². The second-order valence-electron chi connectivity index (χ2n) is 17.9. The molecule has 5 aliphatic heterocycles. The minimum atomic E-state index is -2.55. The van der Waals surface area contributed by atoms with Crippen molar-refractivity contribution in [2.45, 2.75) is 87.5 Å². The zero-order chi connectivity index (χ0) is 41.8. The van der Waals surface area contributed by atoms with Crippen LogP contribution >= 0.6 is 0 Å².